The van der Waals surface area contributed by atoms with E-state index in [0.29, 0.717) is 0 Å². The molecule has 26 heavy (non-hydrogen) atoms. The molecule has 1 unspecified atom stereocenters. The fourth-order valence-corrected chi connectivity index (χ4v) is 3.86. The van der Waals surface area contributed by atoms with Crippen molar-refractivity contribution in [2.45, 2.75) is 51.2 Å². The van der Waals surface area contributed by atoms with Gasteiger partial charge in [-0.05, 0) is 55.2 Å². The topological polar surface area (TPSA) is 56.1 Å². The zero-order chi connectivity index (χ0) is 17.3. The zero-order valence-corrected chi connectivity index (χ0v) is 15.3. The summed E-state index contributed by atoms with van der Waals surface area (Å²) < 4.78 is 8.26. The van der Waals surface area contributed by atoms with Gasteiger partial charge in [0.25, 0.3) is 0 Å². The van der Waals surface area contributed by atoms with Crippen molar-refractivity contribution < 1.29 is 4.74 Å². The highest BCUT2D eigenvalue weighted by Gasteiger charge is 2.34. The summed E-state index contributed by atoms with van der Waals surface area (Å²) in [6, 6.07) is 4.40. The molecular formula is C20H27N5O. The van der Waals surface area contributed by atoms with Gasteiger partial charge in [0.2, 0.25) is 0 Å². The van der Waals surface area contributed by atoms with Gasteiger partial charge in [0.05, 0.1) is 18.3 Å². The van der Waals surface area contributed by atoms with Crippen LogP contribution in [0.25, 0.3) is 0 Å². The lowest BCUT2D eigenvalue weighted by molar-refractivity contribution is 0.0424. The second-order valence-electron chi connectivity index (χ2n) is 8.12. The quantitative estimate of drug-likeness (QED) is 0.730. The summed E-state index contributed by atoms with van der Waals surface area (Å²) >= 11 is 0. The first-order chi connectivity index (χ1) is 12.9. The number of fused-ring (bicyclic) bond motifs is 1. The van der Waals surface area contributed by atoms with Crippen LogP contribution in [0.3, 0.4) is 0 Å². The van der Waals surface area contributed by atoms with Gasteiger partial charge in [-0.15, -0.1) is 5.10 Å². The van der Waals surface area contributed by atoms with Crippen molar-refractivity contribution in [3.8, 4) is 0 Å². The number of hydrogen-bond donors (Lipinski definition) is 0. The van der Waals surface area contributed by atoms with E-state index in [4.69, 9.17) is 4.74 Å². The molecule has 6 heteroatoms. The highest BCUT2D eigenvalue weighted by atomic mass is 16.5. The molecule has 0 N–H and O–H groups in total. The maximum atomic E-state index is 6.09. The van der Waals surface area contributed by atoms with E-state index in [-0.39, 0.29) is 6.04 Å². The molecule has 2 aliphatic carbocycles. The molecule has 3 heterocycles. The van der Waals surface area contributed by atoms with Gasteiger partial charge in [-0.3, -0.25) is 9.88 Å². The Bertz CT molecular complexity index is 738. The number of nitrogens with zero attached hydrogens (tertiary/aromatic N) is 5. The van der Waals surface area contributed by atoms with E-state index in [1.165, 1.54) is 36.9 Å². The number of pyridine rings is 1. The summed E-state index contributed by atoms with van der Waals surface area (Å²) in [7, 11) is 0. The minimum Gasteiger partial charge on any atom is -0.379 e. The second-order valence-corrected chi connectivity index (χ2v) is 8.12. The summed E-state index contributed by atoms with van der Waals surface area (Å²) in [6.07, 6.45) is 10.1. The molecule has 2 saturated carbocycles. The fourth-order valence-electron chi connectivity index (χ4n) is 3.86. The van der Waals surface area contributed by atoms with Crippen LogP contribution < -0.4 is 0 Å². The molecule has 2 aromatic rings. The van der Waals surface area contributed by atoms with Gasteiger partial charge in [-0.25, -0.2) is 4.68 Å². The Balaban J connectivity index is 1.34. The molecule has 1 aliphatic heterocycles. The number of ether oxygens (including phenoxy) is 1. The van der Waals surface area contributed by atoms with E-state index in [1.54, 1.807) is 0 Å². The molecule has 5 rings (SSSR count). The smallest absolute Gasteiger partial charge is 0.105 e. The van der Waals surface area contributed by atoms with Gasteiger partial charge in [0, 0.05) is 45.1 Å². The molecule has 2 fully saturated rings. The molecular weight excluding hydrogens is 326 g/mol. The lowest BCUT2D eigenvalue weighted by Gasteiger charge is -2.34. The van der Waals surface area contributed by atoms with Crippen LogP contribution in [0.5, 0.6) is 0 Å². The van der Waals surface area contributed by atoms with Gasteiger partial charge in [-0.1, -0.05) is 5.21 Å². The van der Waals surface area contributed by atoms with Gasteiger partial charge < -0.3 is 4.74 Å². The van der Waals surface area contributed by atoms with Crippen LogP contribution in [-0.4, -0.2) is 44.6 Å². The summed E-state index contributed by atoms with van der Waals surface area (Å²) in [5, 5.41) is 9.10. The molecule has 1 atom stereocenters. The predicted molar refractivity (Wildman–Crippen MR) is 97.4 cm³/mol. The molecule has 6 nitrogen and oxygen atoms in total. The predicted octanol–water partition coefficient (Wildman–Crippen LogP) is 2.61. The maximum Gasteiger partial charge on any atom is 0.105 e. The first-order valence-electron chi connectivity index (χ1n) is 10.00. The summed E-state index contributed by atoms with van der Waals surface area (Å²) in [6.45, 7) is 4.60. The Kier molecular flexibility index (Phi) is 4.46. The Hall–Kier alpha value is -1.79. The van der Waals surface area contributed by atoms with Crippen LogP contribution in [0.15, 0.2) is 24.5 Å². The van der Waals surface area contributed by atoms with E-state index in [1.807, 2.05) is 12.4 Å². The van der Waals surface area contributed by atoms with E-state index >= 15 is 0 Å². The molecule has 2 aromatic heterocycles. The average molecular weight is 353 g/mol. The summed E-state index contributed by atoms with van der Waals surface area (Å²) in [5.41, 5.74) is 3.77. The first-order valence-corrected chi connectivity index (χ1v) is 10.00. The van der Waals surface area contributed by atoms with Crippen LogP contribution in [0.4, 0.5) is 0 Å². The largest absolute Gasteiger partial charge is 0.379 e. The van der Waals surface area contributed by atoms with Gasteiger partial charge in [-0.2, -0.15) is 0 Å². The third-order valence-corrected chi connectivity index (χ3v) is 5.85. The van der Waals surface area contributed by atoms with E-state index in [0.717, 1.165) is 56.8 Å². The third-order valence-electron chi connectivity index (χ3n) is 5.85. The molecule has 0 amide bonds. The highest BCUT2D eigenvalue weighted by molar-refractivity contribution is 5.21. The van der Waals surface area contributed by atoms with Crippen molar-refractivity contribution in [3.63, 3.8) is 0 Å². The lowest BCUT2D eigenvalue weighted by Crippen LogP contribution is -2.38. The van der Waals surface area contributed by atoms with Crippen molar-refractivity contribution in [1.29, 1.82) is 0 Å². The lowest BCUT2D eigenvalue weighted by atomic mass is 10.0. The van der Waals surface area contributed by atoms with Gasteiger partial charge >= 0.3 is 0 Å². The number of hydrogen-bond acceptors (Lipinski definition) is 5. The normalized spacial score (nSPS) is 23.2. The Morgan fingerprint density at radius 2 is 1.85 bits per heavy atom. The zero-order valence-electron chi connectivity index (χ0n) is 15.3. The van der Waals surface area contributed by atoms with Crippen molar-refractivity contribution in [3.05, 3.63) is 41.5 Å². The maximum absolute atomic E-state index is 6.09. The number of aromatic nitrogens is 4. The van der Waals surface area contributed by atoms with Crippen molar-refractivity contribution in [1.82, 2.24) is 24.9 Å². The van der Waals surface area contributed by atoms with Crippen LogP contribution in [0.1, 0.15) is 48.7 Å². The van der Waals surface area contributed by atoms with Crippen LogP contribution in [0.2, 0.25) is 0 Å². The molecule has 0 radical (unpaired) electrons. The van der Waals surface area contributed by atoms with E-state index in [9.17, 15) is 0 Å². The minimum absolute atomic E-state index is 0.207. The average Bonchev–Trinajstić information content (AvgIpc) is 3.58. The summed E-state index contributed by atoms with van der Waals surface area (Å²) in [4.78, 5) is 6.64. The molecule has 138 valence electrons. The third kappa shape index (κ3) is 3.67. The van der Waals surface area contributed by atoms with Gasteiger partial charge in [0.15, 0.2) is 0 Å². The van der Waals surface area contributed by atoms with Crippen LogP contribution in [0, 0.1) is 11.8 Å². The highest BCUT2D eigenvalue weighted by Crippen LogP contribution is 2.35. The molecule has 0 bridgehead atoms. The monoisotopic (exact) mass is 353 g/mol. The van der Waals surface area contributed by atoms with Gasteiger partial charge in [0.1, 0.15) is 5.69 Å². The van der Waals surface area contributed by atoms with Crippen molar-refractivity contribution >= 4 is 0 Å². The minimum atomic E-state index is 0.207. The second kappa shape index (κ2) is 7.08. The molecule has 0 aromatic carbocycles. The van der Waals surface area contributed by atoms with Crippen molar-refractivity contribution in [2.75, 3.05) is 19.8 Å². The van der Waals surface area contributed by atoms with Crippen LogP contribution >= 0.6 is 0 Å². The van der Waals surface area contributed by atoms with E-state index in [2.05, 4.69) is 37.0 Å². The fraction of sp³-hybridized carbons (Fsp3) is 0.650. The van der Waals surface area contributed by atoms with E-state index < -0.39 is 0 Å². The molecule has 3 aliphatic rings. The summed E-state index contributed by atoms with van der Waals surface area (Å²) in [5.74, 6) is 1.61. The molecule has 0 spiro atoms. The number of rotatable bonds is 8. The standard InChI is InChI=1S/C20H27N5O/c1-2-15(1)12-25-18-7-10-24(11-16-5-8-21-9-6-16)19(20(18)22-23-25)14-26-13-17-3-4-17/h5-6,8-9,15,17,19H,1-4,7,10-14H2. The SMILES string of the molecule is c1cc(CN2CCc3c(nnn3CC3CC3)C2COCC2CC2)ccn1. The Morgan fingerprint density at radius 3 is 2.62 bits per heavy atom. The van der Waals surface area contributed by atoms with Crippen molar-refractivity contribution in [2.24, 2.45) is 11.8 Å². The molecule has 0 saturated heterocycles. The Labute approximate surface area is 154 Å². The van der Waals surface area contributed by atoms with Crippen LogP contribution in [-0.2, 0) is 24.2 Å². The Morgan fingerprint density at radius 1 is 1.04 bits per heavy atom. The first kappa shape index (κ1) is 16.4.